The highest BCUT2D eigenvalue weighted by molar-refractivity contribution is 4.87. The lowest BCUT2D eigenvalue weighted by molar-refractivity contribution is 0.172. The van der Waals surface area contributed by atoms with E-state index < -0.39 is 0 Å². The fourth-order valence-corrected chi connectivity index (χ4v) is 1.33. The molecule has 0 unspecified atom stereocenters. The molecule has 1 heteroatoms. The van der Waals surface area contributed by atoms with Crippen molar-refractivity contribution in [3.63, 3.8) is 0 Å². The van der Waals surface area contributed by atoms with Crippen molar-refractivity contribution in [1.29, 1.82) is 0 Å². The van der Waals surface area contributed by atoms with Gasteiger partial charge in [-0.3, -0.25) is 0 Å². The highest BCUT2D eigenvalue weighted by atomic mass is 16.3. The van der Waals surface area contributed by atoms with Crippen LogP contribution >= 0.6 is 0 Å². The molecule has 0 aliphatic rings. The number of allylic oxidation sites excluding steroid dienone is 3. The maximum atomic E-state index is 9.12. The summed E-state index contributed by atoms with van der Waals surface area (Å²) in [4.78, 5) is 0. The van der Waals surface area contributed by atoms with E-state index in [2.05, 4.69) is 25.7 Å². The molecule has 1 nitrogen and oxygen atoms in total. The van der Waals surface area contributed by atoms with Crippen LogP contribution in [0.15, 0.2) is 24.8 Å². The van der Waals surface area contributed by atoms with Gasteiger partial charge in [0, 0.05) is 0 Å². The molecule has 0 heterocycles. The van der Waals surface area contributed by atoms with E-state index in [9.17, 15) is 0 Å². The molecule has 1 N–H and O–H groups in total. The molecule has 0 rings (SSSR count). The minimum absolute atomic E-state index is 0.187. The molecule has 76 valence electrons. The second-order valence-corrected chi connectivity index (χ2v) is 3.71. The number of hydrogen-bond donors (Lipinski definition) is 1. The monoisotopic (exact) mass is 182 g/mol. The van der Waals surface area contributed by atoms with Crippen molar-refractivity contribution in [1.82, 2.24) is 0 Å². The smallest absolute Gasteiger partial charge is 0.0517 e. The van der Waals surface area contributed by atoms with E-state index in [1.807, 2.05) is 13.0 Å². The first-order valence-electron chi connectivity index (χ1n) is 5.12. The quantitative estimate of drug-likeness (QED) is 0.473. The average Bonchev–Trinajstić information content (AvgIpc) is 2.02. The summed E-state index contributed by atoms with van der Waals surface area (Å²) in [6, 6.07) is 0. The van der Waals surface area contributed by atoms with E-state index in [4.69, 9.17) is 5.11 Å². The van der Waals surface area contributed by atoms with Crippen LogP contribution < -0.4 is 0 Å². The van der Waals surface area contributed by atoms with Gasteiger partial charge in [-0.15, -0.1) is 6.58 Å². The SMILES string of the molecule is C=CCCC/C=C\[C@H](C)C[C@@H](C)O. The molecule has 0 amide bonds. The Bertz CT molecular complexity index is 147. The minimum atomic E-state index is -0.187. The Hall–Kier alpha value is -0.560. The third-order valence-electron chi connectivity index (χ3n) is 1.96. The summed E-state index contributed by atoms with van der Waals surface area (Å²) >= 11 is 0. The zero-order chi connectivity index (χ0) is 10.1. The number of unbranched alkanes of at least 4 members (excludes halogenated alkanes) is 2. The predicted octanol–water partition coefficient (Wildman–Crippen LogP) is 3.31. The van der Waals surface area contributed by atoms with Crippen LogP contribution in [-0.2, 0) is 0 Å². The van der Waals surface area contributed by atoms with Crippen LogP contribution in [0.5, 0.6) is 0 Å². The van der Waals surface area contributed by atoms with Crippen molar-refractivity contribution in [3.8, 4) is 0 Å². The summed E-state index contributed by atoms with van der Waals surface area (Å²) in [5, 5.41) is 9.12. The van der Waals surface area contributed by atoms with Gasteiger partial charge in [-0.25, -0.2) is 0 Å². The molecule has 13 heavy (non-hydrogen) atoms. The summed E-state index contributed by atoms with van der Waals surface area (Å²) in [5.41, 5.74) is 0. The molecule has 0 saturated carbocycles. The Labute approximate surface area is 82.2 Å². The first kappa shape index (κ1) is 12.4. The zero-order valence-corrected chi connectivity index (χ0v) is 8.87. The number of aliphatic hydroxyl groups is 1. The van der Waals surface area contributed by atoms with Gasteiger partial charge in [0.2, 0.25) is 0 Å². The molecular formula is C12H22O. The molecule has 2 atom stereocenters. The lowest BCUT2D eigenvalue weighted by atomic mass is 10.0. The van der Waals surface area contributed by atoms with Crippen LogP contribution in [-0.4, -0.2) is 11.2 Å². The van der Waals surface area contributed by atoms with Gasteiger partial charge < -0.3 is 5.11 Å². The Kier molecular flexibility index (Phi) is 7.71. The standard InChI is InChI=1S/C12H22O/c1-4-5-6-7-8-9-11(2)10-12(3)13/h4,8-9,11-13H,1,5-7,10H2,2-3H3/b9-8-/t11-,12+/m0/s1. The highest BCUT2D eigenvalue weighted by Crippen LogP contribution is 2.08. The van der Waals surface area contributed by atoms with Gasteiger partial charge in [-0.05, 0) is 38.5 Å². The lowest BCUT2D eigenvalue weighted by Crippen LogP contribution is -2.04. The summed E-state index contributed by atoms with van der Waals surface area (Å²) in [5.74, 6) is 0.490. The van der Waals surface area contributed by atoms with E-state index in [1.54, 1.807) is 0 Å². The maximum Gasteiger partial charge on any atom is 0.0517 e. The summed E-state index contributed by atoms with van der Waals surface area (Å²) in [6.07, 6.45) is 10.4. The molecule has 0 aromatic rings. The van der Waals surface area contributed by atoms with Gasteiger partial charge >= 0.3 is 0 Å². The van der Waals surface area contributed by atoms with Gasteiger partial charge in [0.05, 0.1) is 6.10 Å². The molecule has 0 aliphatic carbocycles. The fraction of sp³-hybridized carbons (Fsp3) is 0.667. The van der Waals surface area contributed by atoms with E-state index in [1.165, 1.54) is 6.42 Å². The first-order chi connectivity index (χ1) is 6.16. The molecule has 0 aliphatic heterocycles. The summed E-state index contributed by atoms with van der Waals surface area (Å²) in [6.45, 7) is 7.65. The number of aliphatic hydroxyl groups excluding tert-OH is 1. The van der Waals surface area contributed by atoms with Gasteiger partial charge in [0.25, 0.3) is 0 Å². The van der Waals surface area contributed by atoms with E-state index in [0.29, 0.717) is 5.92 Å². The molecule has 0 saturated heterocycles. The highest BCUT2D eigenvalue weighted by Gasteiger charge is 2.00. The third-order valence-corrected chi connectivity index (χ3v) is 1.96. The van der Waals surface area contributed by atoms with Crippen LogP contribution in [0.1, 0.15) is 39.5 Å². The van der Waals surface area contributed by atoms with Gasteiger partial charge in [-0.1, -0.05) is 25.2 Å². The molecule has 0 radical (unpaired) electrons. The summed E-state index contributed by atoms with van der Waals surface area (Å²) < 4.78 is 0. The van der Waals surface area contributed by atoms with Crippen molar-refractivity contribution in [3.05, 3.63) is 24.8 Å². The van der Waals surface area contributed by atoms with E-state index in [0.717, 1.165) is 19.3 Å². The van der Waals surface area contributed by atoms with Gasteiger partial charge in [0.15, 0.2) is 0 Å². The fourth-order valence-electron chi connectivity index (χ4n) is 1.33. The Morgan fingerprint density at radius 1 is 1.31 bits per heavy atom. The molecule has 0 aromatic carbocycles. The molecule has 0 aromatic heterocycles. The summed E-state index contributed by atoms with van der Waals surface area (Å²) in [7, 11) is 0. The predicted molar refractivity (Wildman–Crippen MR) is 58.6 cm³/mol. The normalized spacial score (nSPS) is 15.9. The van der Waals surface area contributed by atoms with Crippen molar-refractivity contribution in [2.75, 3.05) is 0 Å². The Balaban J connectivity index is 3.41. The Morgan fingerprint density at radius 2 is 2.00 bits per heavy atom. The van der Waals surface area contributed by atoms with Crippen molar-refractivity contribution in [2.45, 2.75) is 45.6 Å². The van der Waals surface area contributed by atoms with Crippen LogP contribution in [0.25, 0.3) is 0 Å². The topological polar surface area (TPSA) is 20.2 Å². The first-order valence-corrected chi connectivity index (χ1v) is 5.12. The van der Waals surface area contributed by atoms with Crippen LogP contribution in [0, 0.1) is 5.92 Å². The molecule has 0 bridgehead atoms. The molecule has 0 fully saturated rings. The maximum absolute atomic E-state index is 9.12. The third kappa shape index (κ3) is 9.35. The average molecular weight is 182 g/mol. The van der Waals surface area contributed by atoms with Gasteiger partial charge in [-0.2, -0.15) is 0 Å². The largest absolute Gasteiger partial charge is 0.393 e. The zero-order valence-electron chi connectivity index (χ0n) is 8.87. The van der Waals surface area contributed by atoms with Crippen LogP contribution in [0.2, 0.25) is 0 Å². The van der Waals surface area contributed by atoms with E-state index >= 15 is 0 Å². The number of hydrogen-bond acceptors (Lipinski definition) is 1. The van der Waals surface area contributed by atoms with Crippen molar-refractivity contribution < 1.29 is 5.11 Å². The van der Waals surface area contributed by atoms with E-state index in [-0.39, 0.29) is 6.10 Å². The lowest BCUT2D eigenvalue weighted by Gasteiger charge is -2.07. The Morgan fingerprint density at radius 3 is 2.54 bits per heavy atom. The number of rotatable bonds is 7. The van der Waals surface area contributed by atoms with Crippen LogP contribution in [0.4, 0.5) is 0 Å². The second kappa shape index (κ2) is 8.06. The van der Waals surface area contributed by atoms with Gasteiger partial charge in [0.1, 0.15) is 0 Å². The second-order valence-electron chi connectivity index (χ2n) is 3.71. The van der Waals surface area contributed by atoms with Crippen molar-refractivity contribution in [2.24, 2.45) is 5.92 Å². The molecular weight excluding hydrogens is 160 g/mol. The van der Waals surface area contributed by atoms with Crippen molar-refractivity contribution >= 4 is 0 Å². The van der Waals surface area contributed by atoms with Crippen LogP contribution in [0.3, 0.4) is 0 Å². The molecule has 0 spiro atoms. The minimum Gasteiger partial charge on any atom is -0.393 e.